The molecule has 0 N–H and O–H groups in total. The van der Waals surface area contributed by atoms with E-state index in [4.69, 9.17) is 14.4 Å². The molecule has 244 valence electrons. The van der Waals surface area contributed by atoms with Crippen LogP contribution in [-0.4, -0.2) is 18.4 Å². The third-order valence-corrected chi connectivity index (χ3v) is 9.18. The normalized spacial score (nSPS) is 12.6. The highest BCUT2D eigenvalue weighted by Gasteiger charge is 2.21. The molecule has 4 nitrogen and oxygen atoms in total. The van der Waals surface area contributed by atoms with Gasteiger partial charge in [-0.1, -0.05) is 133 Å². The molecule has 1 aromatic heterocycles. The molecule has 0 fully saturated rings. The van der Waals surface area contributed by atoms with Gasteiger partial charge in [-0.05, 0) is 88.3 Å². The molecule has 8 aromatic rings. The third-order valence-electron chi connectivity index (χ3n) is 9.18. The molecular weight excluding hydrogens is 623 g/mol. The zero-order valence-electron chi connectivity index (χ0n) is 28.3. The van der Waals surface area contributed by atoms with E-state index in [1.54, 1.807) is 0 Å². The van der Waals surface area contributed by atoms with Crippen LogP contribution in [0.2, 0.25) is 0 Å². The van der Waals surface area contributed by atoms with E-state index in [1.807, 2.05) is 67.6 Å². The Balaban J connectivity index is 1.34. The van der Waals surface area contributed by atoms with Gasteiger partial charge in [0.15, 0.2) is 11.7 Å². The molecule has 0 aliphatic carbocycles. The number of furan rings is 1. The topological polar surface area (TPSA) is 50.2 Å². The third kappa shape index (κ3) is 6.31. The van der Waals surface area contributed by atoms with Gasteiger partial charge in [-0.3, -0.25) is 4.99 Å². The molecule has 0 atom stereocenters. The molecule has 1 heterocycles. The maximum atomic E-state index is 6.72. The molecule has 0 spiro atoms. The maximum Gasteiger partial charge on any atom is 0.161 e. The summed E-state index contributed by atoms with van der Waals surface area (Å²) in [6.45, 7) is 6.51. The Bertz CT molecular complexity index is 2690. The molecule has 0 amide bonds. The lowest BCUT2D eigenvalue weighted by Crippen LogP contribution is -2.06. The van der Waals surface area contributed by atoms with Crippen LogP contribution in [0, 0.1) is 0 Å². The Morgan fingerprint density at radius 2 is 1.35 bits per heavy atom. The van der Waals surface area contributed by atoms with E-state index in [0.29, 0.717) is 18.2 Å². The molecule has 0 bridgehead atoms. The molecule has 0 aliphatic rings. The van der Waals surface area contributed by atoms with Crippen LogP contribution in [0.4, 0.5) is 0 Å². The summed E-state index contributed by atoms with van der Waals surface area (Å²) < 4.78 is 6.72. The van der Waals surface area contributed by atoms with Crippen molar-refractivity contribution in [1.29, 1.82) is 0 Å². The standard InChI is InChI=1S/C47H35N3O/c1-3-4-6-21-37-28-35-19-11-12-20-36(35)30-42(37)39-26-27-41(44-40-22-13-14-23-43(40)51-45(39)44)47(48-2)50-46(49-31-32-15-7-5-8-16-32)38-25-24-33-17-9-10-18-34(33)29-38/h3-30H,2,31H2,1H3/b4-3-,21-6-,49-46-,50-47-. The van der Waals surface area contributed by atoms with E-state index in [9.17, 15) is 0 Å². The minimum Gasteiger partial charge on any atom is -0.455 e. The SMILES string of the molecule is C=N/C(=N\C(=N/Cc1ccccc1)c1ccc2ccccc2c1)c1ccc(-c2cc3ccccc3cc2/C=C\C=C/C)c2oc3ccccc3c12. The first-order valence-corrected chi connectivity index (χ1v) is 17.1. The number of fused-ring (bicyclic) bond motifs is 5. The number of nitrogens with zero attached hydrogens (tertiary/aromatic N) is 3. The predicted octanol–water partition coefficient (Wildman–Crippen LogP) is 12.2. The van der Waals surface area contributed by atoms with Crippen molar-refractivity contribution >= 4 is 67.9 Å². The number of amidine groups is 2. The number of rotatable bonds is 7. The van der Waals surface area contributed by atoms with E-state index in [0.717, 1.165) is 71.5 Å². The summed E-state index contributed by atoms with van der Waals surface area (Å²) in [6.07, 6.45) is 8.31. The van der Waals surface area contributed by atoms with Crippen molar-refractivity contribution in [3.8, 4) is 11.1 Å². The monoisotopic (exact) mass is 657 g/mol. The summed E-state index contributed by atoms with van der Waals surface area (Å²) in [5, 5.41) is 6.54. The number of para-hydroxylation sites is 1. The molecule has 51 heavy (non-hydrogen) atoms. The number of benzene rings is 7. The number of hydrogen-bond acceptors (Lipinski definition) is 2. The van der Waals surface area contributed by atoms with Crippen molar-refractivity contribution in [2.24, 2.45) is 15.0 Å². The van der Waals surface area contributed by atoms with Crippen LogP contribution in [0.25, 0.3) is 60.7 Å². The van der Waals surface area contributed by atoms with Crippen LogP contribution in [0.15, 0.2) is 183 Å². The van der Waals surface area contributed by atoms with Crippen molar-refractivity contribution in [3.63, 3.8) is 0 Å². The largest absolute Gasteiger partial charge is 0.455 e. The Kier molecular flexibility index (Phi) is 8.72. The van der Waals surface area contributed by atoms with E-state index in [1.165, 1.54) is 5.39 Å². The summed E-state index contributed by atoms with van der Waals surface area (Å²) in [5.74, 6) is 1.06. The van der Waals surface area contributed by atoms with Crippen molar-refractivity contribution < 1.29 is 4.42 Å². The van der Waals surface area contributed by atoms with Crippen molar-refractivity contribution in [3.05, 3.63) is 186 Å². The number of allylic oxidation sites excluding steroid dienone is 3. The van der Waals surface area contributed by atoms with Crippen LogP contribution in [0.1, 0.15) is 29.2 Å². The van der Waals surface area contributed by atoms with Crippen LogP contribution >= 0.6 is 0 Å². The fraction of sp³-hybridized carbons (Fsp3) is 0.0426. The van der Waals surface area contributed by atoms with Gasteiger partial charge in [-0.15, -0.1) is 0 Å². The average molecular weight is 658 g/mol. The van der Waals surface area contributed by atoms with Gasteiger partial charge < -0.3 is 4.42 Å². The maximum absolute atomic E-state index is 6.72. The van der Waals surface area contributed by atoms with Gasteiger partial charge >= 0.3 is 0 Å². The first kappa shape index (κ1) is 31.6. The zero-order chi connectivity index (χ0) is 34.6. The minimum absolute atomic E-state index is 0.477. The molecule has 0 saturated carbocycles. The highest BCUT2D eigenvalue weighted by Crippen LogP contribution is 2.41. The number of hydrogen-bond donors (Lipinski definition) is 0. The Morgan fingerprint density at radius 3 is 2.14 bits per heavy atom. The Morgan fingerprint density at radius 1 is 0.647 bits per heavy atom. The van der Waals surface area contributed by atoms with E-state index >= 15 is 0 Å². The second-order valence-corrected chi connectivity index (χ2v) is 12.4. The predicted molar refractivity (Wildman–Crippen MR) is 217 cm³/mol. The van der Waals surface area contributed by atoms with Gasteiger partial charge in [-0.25, -0.2) is 9.98 Å². The molecule has 7 aromatic carbocycles. The molecule has 0 aliphatic heterocycles. The van der Waals surface area contributed by atoms with Gasteiger partial charge in [0, 0.05) is 27.5 Å². The van der Waals surface area contributed by atoms with Crippen LogP contribution in [0.3, 0.4) is 0 Å². The fourth-order valence-corrected chi connectivity index (χ4v) is 6.68. The minimum atomic E-state index is 0.477. The lowest BCUT2D eigenvalue weighted by Gasteiger charge is -2.12. The lowest BCUT2D eigenvalue weighted by molar-refractivity contribution is 0.670. The first-order valence-electron chi connectivity index (χ1n) is 17.1. The Hall–Kier alpha value is -6.65. The molecular formula is C47H35N3O. The molecule has 4 heteroatoms. The summed E-state index contributed by atoms with van der Waals surface area (Å²) >= 11 is 0. The summed E-state index contributed by atoms with van der Waals surface area (Å²) in [4.78, 5) is 14.8. The van der Waals surface area contributed by atoms with Crippen LogP contribution in [-0.2, 0) is 6.54 Å². The van der Waals surface area contributed by atoms with E-state index in [-0.39, 0.29) is 0 Å². The van der Waals surface area contributed by atoms with Gasteiger partial charge in [0.2, 0.25) is 0 Å². The summed E-state index contributed by atoms with van der Waals surface area (Å²) in [7, 11) is 0. The van der Waals surface area contributed by atoms with Crippen LogP contribution < -0.4 is 0 Å². The smallest absolute Gasteiger partial charge is 0.161 e. The molecule has 0 unspecified atom stereocenters. The van der Waals surface area contributed by atoms with Gasteiger partial charge in [0.05, 0.1) is 6.54 Å². The zero-order valence-corrected chi connectivity index (χ0v) is 28.3. The van der Waals surface area contributed by atoms with Gasteiger partial charge in [-0.2, -0.15) is 0 Å². The summed E-state index contributed by atoms with van der Waals surface area (Å²) in [5.41, 5.74) is 7.57. The quantitative estimate of drug-likeness (QED) is 0.0956. The van der Waals surface area contributed by atoms with Crippen LogP contribution in [0.5, 0.6) is 0 Å². The molecule has 0 radical (unpaired) electrons. The second kappa shape index (κ2) is 14.1. The van der Waals surface area contributed by atoms with E-state index < -0.39 is 0 Å². The van der Waals surface area contributed by atoms with Gasteiger partial charge in [0.1, 0.15) is 11.2 Å². The summed E-state index contributed by atoms with van der Waals surface area (Å²) in [6, 6.07) is 50.2. The van der Waals surface area contributed by atoms with Crippen molar-refractivity contribution in [1.82, 2.24) is 0 Å². The highest BCUT2D eigenvalue weighted by molar-refractivity contribution is 6.24. The number of aliphatic imine (C=N–C) groups is 3. The first-order chi connectivity index (χ1) is 25.2. The van der Waals surface area contributed by atoms with E-state index in [2.05, 4.69) is 121 Å². The highest BCUT2D eigenvalue weighted by atomic mass is 16.3. The fourth-order valence-electron chi connectivity index (χ4n) is 6.68. The second-order valence-electron chi connectivity index (χ2n) is 12.4. The van der Waals surface area contributed by atoms with Gasteiger partial charge in [0.25, 0.3) is 0 Å². The average Bonchev–Trinajstić information content (AvgIpc) is 3.58. The van der Waals surface area contributed by atoms with Crippen molar-refractivity contribution in [2.45, 2.75) is 13.5 Å². The molecule has 8 rings (SSSR count). The molecule has 0 saturated heterocycles. The Labute approximate surface area is 297 Å². The van der Waals surface area contributed by atoms with Crippen molar-refractivity contribution in [2.75, 3.05) is 0 Å². The lowest BCUT2D eigenvalue weighted by atomic mass is 9.92.